The van der Waals surface area contributed by atoms with Crippen molar-refractivity contribution >= 4 is 39.1 Å². The molecule has 0 aliphatic carbocycles. The molecule has 0 N–H and O–H groups in total. The number of aromatic nitrogens is 2. The summed E-state index contributed by atoms with van der Waals surface area (Å²) >= 11 is 15.3. The SMILES string of the molecule is Cc1cc(C)c(-c2nc(Cl)c(Br)c(Cl)n2)c(C)c1. The van der Waals surface area contributed by atoms with Crippen molar-refractivity contribution in [3.63, 3.8) is 0 Å². The van der Waals surface area contributed by atoms with Crippen LogP contribution in [-0.4, -0.2) is 9.97 Å². The van der Waals surface area contributed by atoms with Crippen LogP contribution in [0.4, 0.5) is 0 Å². The van der Waals surface area contributed by atoms with Crippen LogP contribution in [-0.2, 0) is 0 Å². The molecule has 0 saturated heterocycles. The van der Waals surface area contributed by atoms with Gasteiger partial charge in [-0.3, -0.25) is 0 Å². The van der Waals surface area contributed by atoms with E-state index in [0.717, 1.165) is 16.7 Å². The van der Waals surface area contributed by atoms with E-state index in [9.17, 15) is 0 Å². The highest BCUT2D eigenvalue weighted by atomic mass is 79.9. The molecule has 0 aliphatic heterocycles. The second kappa shape index (κ2) is 5.16. The molecule has 5 heteroatoms. The maximum absolute atomic E-state index is 6.02. The lowest BCUT2D eigenvalue weighted by atomic mass is 9.99. The minimum atomic E-state index is 0.323. The molecule has 0 radical (unpaired) electrons. The highest BCUT2D eigenvalue weighted by molar-refractivity contribution is 9.10. The Bertz CT molecular complexity index is 580. The summed E-state index contributed by atoms with van der Waals surface area (Å²) in [5.41, 5.74) is 4.42. The summed E-state index contributed by atoms with van der Waals surface area (Å²) in [6, 6.07) is 4.19. The predicted molar refractivity (Wildman–Crippen MR) is 79.4 cm³/mol. The summed E-state index contributed by atoms with van der Waals surface area (Å²) in [5, 5.41) is 0.647. The number of nitrogens with zero attached hydrogens (tertiary/aromatic N) is 2. The first kappa shape index (κ1) is 13.8. The zero-order valence-corrected chi connectivity index (χ0v) is 13.3. The Kier molecular flexibility index (Phi) is 3.95. The third-order valence-electron chi connectivity index (χ3n) is 2.67. The zero-order valence-electron chi connectivity index (χ0n) is 10.2. The highest BCUT2D eigenvalue weighted by Gasteiger charge is 2.14. The molecule has 1 aromatic carbocycles. The summed E-state index contributed by atoms with van der Waals surface area (Å²) in [7, 11) is 0. The second-order valence-corrected chi connectivity index (χ2v) is 5.73. The van der Waals surface area contributed by atoms with E-state index in [4.69, 9.17) is 23.2 Å². The minimum absolute atomic E-state index is 0.323. The quantitative estimate of drug-likeness (QED) is 0.669. The number of halogens is 3. The van der Waals surface area contributed by atoms with Crippen molar-refractivity contribution < 1.29 is 0 Å². The predicted octanol–water partition coefficient (Wildman–Crippen LogP) is 5.14. The summed E-state index contributed by atoms with van der Waals surface area (Å²) in [5.74, 6) is 0.559. The van der Waals surface area contributed by atoms with Crippen LogP contribution in [0.1, 0.15) is 16.7 Å². The van der Waals surface area contributed by atoms with Crippen LogP contribution in [0.2, 0.25) is 10.3 Å². The second-order valence-electron chi connectivity index (χ2n) is 4.22. The van der Waals surface area contributed by atoms with Gasteiger partial charge in [-0.15, -0.1) is 0 Å². The van der Waals surface area contributed by atoms with Crippen LogP contribution in [0.5, 0.6) is 0 Å². The number of hydrogen-bond donors (Lipinski definition) is 0. The number of benzene rings is 1. The normalized spacial score (nSPS) is 10.8. The molecule has 0 bridgehead atoms. The van der Waals surface area contributed by atoms with Crippen LogP contribution >= 0.6 is 39.1 Å². The molecule has 0 unspecified atom stereocenters. The molecular weight excluding hydrogens is 335 g/mol. The Morgan fingerprint density at radius 1 is 0.944 bits per heavy atom. The molecule has 0 fully saturated rings. The van der Waals surface area contributed by atoms with Crippen molar-refractivity contribution in [1.82, 2.24) is 9.97 Å². The third-order valence-corrected chi connectivity index (χ3v) is 4.43. The fourth-order valence-electron chi connectivity index (χ4n) is 2.04. The Morgan fingerprint density at radius 2 is 1.39 bits per heavy atom. The van der Waals surface area contributed by atoms with Crippen molar-refractivity contribution in [2.24, 2.45) is 0 Å². The fourth-order valence-corrected chi connectivity index (χ4v) is 2.60. The molecule has 0 aliphatic rings. The summed E-state index contributed by atoms with van der Waals surface area (Å²) in [6.07, 6.45) is 0. The molecule has 0 saturated carbocycles. The van der Waals surface area contributed by atoms with Gasteiger partial charge in [0, 0.05) is 5.56 Å². The lowest BCUT2D eigenvalue weighted by molar-refractivity contribution is 1.14. The molecule has 1 heterocycles. The highest BCUT2D eigenvalue weighted by Crippen LogP contribution is 2.32. The first-order valence-corrected chi connectivity index (χ1v) is 6.92. The first-order valence-electron chi connectivity index (χ1n) is 5.37. The Labute approximate surface area is 124 Å². The van der Waals surface area contributed by atoms with Crippen molar-refractivity contribution in [3.05, 3.63) is 43.6 Å². The number of rotatable bonds is 1. The van der Waals surface area contributed by atoms with Crippen LogP contribution in [0.3, 0.4) is 0 Å². The van der Waals surface area contributed by atoms with E-state index in [2.05, 4.69) is 45.0 Å². The maximum Gasteiger partial charge on any atom is 0.163 e. The van der Waals surface area contributed by atoms with E-state index in [0.29, 0.717) is 20.6 Å². The number of hydrogen-bond acceptors (Lipinski definition) is 2. The van der Waals surface area contributed by atoms with E-state index in [1.165, 1.54) is 5.56 Å². The zero-order chi connectivity index (χ0) is 13.4. The molecule has 0 spiro atoms. The molecule has 2 nitrogen and oxygen atoms in total. The van der Waals surface area contributed by atoms with Gasteiger partial charge in [-0.2, -0.15) is 0 Å². The van der Waals surface area contributed by atoms with Crippen molar-refractivity contribution in [3.8, 4) is 11.4 Å². The summed E-state index contributed by atoms with van der Waals surface area (Å²) in [6.45, 7) is 6.12. The average Bonchev–Trinajstić information content (AvgIpc) is 2.24. The van der Waals surface area contributed by atoms with E-state index in [-0.39, 0.29) is 0 Å². The van der Waals surface area contributed by atoms with Crippen LogP contribution < -0.4 is 0 Å². The average molecular weight is 346 g/mol. The Hall–Kier alpha value is -0.640. The Balaban J connectivity index is 2.70. The van der Waals surface area contributed by atoms with Gasteiger partial charge < -0.3 is 0 Å². The molecule has 94 valence electrons. The largest absolute Gasteiger partial charge is 0.215 e. The van der Waals surface area contributed by atoms with E-state index >= 15 is 0 Å². The third kappa shape index (κ3) is 2.53. The van der Waals surface area contributed by atoms with Gasteiger partial charge in [-0.1, -0.05) is 40.9 Å². The summed E-state index contributed by atoms with van der Waals surface area (Å²) in [4.78, 5) is 8.56. The molecule has 1 aromatic heterocycles. The molecule has 2 aromatic rings. The summed E-state index contributed by atoms with van der Waals surface area (Å²) < 4.78 is 0.525. The van der Waals surface area contributed by atoms with Gasteiger partial charge in [0.2, 0.25) is 0 Å². The minimum Gasteiger partial charge on any atom is -0.215 e. The van der Waals surface area contributed by atoms with E-state index in [1.54, 1.807) is 0 Å². The fraction of sp³-hybridized carbons (Fsp3) is 0.231. The van der Waals surface area contributed by atoms with Crippen LogP contribution in [0.25, 0.3) is 11.4 Å². The molecule has 18 heavy (non-hydrogen) atoms. The van der Waals surface area contributed by atoms with Gasteiger partial charge in [-0.05, 0) is 47.8 Å². The van der Waals surface area contributed by atoms with Gasteiger partial charge >= 0.3 is 0 Å². The van der Waals surface area contributed by atoms with Crippen molar-refractivity contribution in [2.45, 2.75) is 20.8 Å². The Morgan fingerprint density at radius 3 is 1.83 bits per heavy atom. The van der Waals surface area contributed by atoms with Crippen molar-refractivity contribution in [2.75, 3.05) is 0 Å². The monoisotopic (exact) mass is 344 g/mol. The van der Waals surface area contributed by atoms with Crippen LogP contribution in [0, 0.1) is 20.8 Å². The van der Waals surface area contributed by atoms with Gasteiger partial charge in [0.1, 0.15) is 10.3 Å². The lowest BCUT2D eigenvalue weighted by Crippen LogP contribution is -1.97. The standard InChI is InChI=1S/C13H11BrCl2N2/c1-6-4-7(2)9(8(3)5-6)13-17-11(15)10(14)12(16)18-13/h4-5H,1-3H3. The van der Waals surface area contributed by atoms with Gasteiger partial charge in [0.25, 0.3) is 0 Å². The van der Waals surface area contributed by atoms with E-state index in [1.807, 2.05) is 13.8 Å². The van der Waals surface area contributed by atoms with E-state index < -0.39 is 0 Å². The topological polar surface area (TPSA) is 25.8 Å². The smallest absolute Gasteiger partial charge is 0.163 e. The maximum atomic E-state index is 6.02. The molecule has 0 atom stereocenters. The molecule has 2 rings (SSSR count). The van der Waals surface area contributed by atoms with Crippen LogP contribution in [0.15, 0.2) is 16.6 Å². The van der Waals surface area contributed by atoms with Gasteiger partial charge in [0.15, 0.2) is 5.82 Å². The van der Waals surface area contributed by atoms with Gasteiger partial charge in [0.05, 0.1) is 4.47 Å². The molecular formula is C13H11BrCl2N2. The molecule has 0 amide bonds. The van der Waals surface area contributed by atoms with Gasteiger partial charge in [-0.25, -0.2) is 9.97 Å². The lowest BCUT2D eigenvalue weighted by Gasteiger charge is -2.11. The first-order chi connectivity index (χ1) is 8.40. The number of aryl methyl sites for hydroxylation is 3. The van der Waals surface area contributed by atoms with Crippen molar-refractivity contribution in [1.29, 1.82) is 0 Å².